The lowest BCUT2D eigenvalue weighted by Crippen LogP contribution is -2.38. The molecule has 2 aliphatic heterocycles. The minimum atomic E-state index is -2.91. The lowest BCUT2D eigenvalue weighted by atomic mass is 9.83. The fraction of sp³-hybridized carbons (Fsp3) is 0.280. The topological polar surface area (TPSA) is 51.1 Å². The molecule has 10 heteroatoms. The van der Waals surface area contributed by atoms with Gasteiger partial charge in [-0.15, -0.1) is 0 Å². The number of allylic oxidation sites excluding steroid dienone is 1. The molecule has 2 heterocycles. The normalized spacial score (nSPS) is 20.9. The standard InChI is InChI=1S/C25H20F4N2O3S/c26-23(27)33-17-8-4-14(5-9-17)12-16-2-1-3-19-21(16)30-25-31(20(32)13-35-25)22(19)15-6-10-18(11-7-15)34-24(28)29/h4-12,22-24H,1-3,13H2/b16-12+. The number of nitrogens with zero attached hydrogens (tertiary/aromatic N) is 2. The van der Waals surface area contributed by atoms with Crippen molar-refractivity contribution in [2.45, 2.75) is 38.5 Å². The van der Waals surface area contributed by atoms with Crippen molar-refractivity contribution in [1.29, 1.82) is 0 Å². The van der Waals surface area contributed by atoms with Crippen LogP contribution in [-0.4, -0.2) is 35.0 Å². The molecule has 1 fully saturated rings. The van der Waals surface area contributed by atoms with Crippen LogP contribution in [0.2, 0.25) is 0 Å². The van der Waals surface area contributed by atoms with Crippen molar-refractivity contribution in [2.75, 3.05) is 5.75 Å². The summed E-state index contributed by atoms with van der Waals surface area (Å²) in [6, 6.07) is 12.4. The number of aliphatic imine (C=N–C) groups is 1. The number of amidine groups is 1. The molecule has 35 heavy (non-hydrogen) atoms. The van der Waals surface area contributed by atoms with E-state index in [9.17, 15) is 22.4 Å². The Morgan fingerprint density at radius 3 is 2.20 bits per heavy atom. The fourth-order valence-corrected chi connectivity index (χ4v) is 5.45. The number of fused-ring (bicyclic) bond motifs is 1. The number of rotatable bonds is 6. The van der Waals surface area contributed by atoms with Gasteiger partial charge in [-0.1, -0.05) is 36.0 Å². The van der Waals surface area contributed by atoms with Crippen molar-refractivity contribution in [3.8, 4) is 11.5 Å². The summed E-state index contributed by atoms with van der Waals surface area (Å²) in [6.07, 6.45) is 4.33. The van der Waals surface area contributed by atoms with E-state index in [1.165, 1.54) is 36.0 Å². The van der Waals surface area contributed by atoms with E-state index < -0.39 is 13.2 Å². The average molecular weight is 505 g/mol. The number of hydrogen-bond acceptors (Lipinski definition) is 5. The van der Waals surface area contributed by atoms with E-state index in [1.54, 1.807) is 29.2 Å². The third-order valence-corrected chi connectivity index (χ3v) is 6.90. The molecule has 5 nitrogen and oxygen atoms in total. The van der Waals surface area contributed by atoms with Crippen LogP contribution in [0.15, 0.2) is 70.4 Å². The molecule has 0 radical (unpaired) electrons. The van der Waals surface area contributed by atoms with Crippen LogP contribution in [-0.2, 0) is 4.79 Å². The molecule has 0 bridgehead atoms. The number of halogens is 4. The van der Waals surface area contributed by atoms with Gasteiger partial charge in [0.2, 0.25) is 5.91 Å². The number of ether oxygens (including phenoxy) is 2. The Bertz CT molecular complexity index is 1210. The predicted octanol–water partition coefficient (Wildman–Crippen LogP) is 6.40. The fourth-order valence-electron chi connectivity index (χ4n) is 4.56. The van der Waals surface area contributed by atoms with Gasteiger partial charge >= 0.3 is 13.2 Å². The third-order valence-electron chi connectivity index (χ3n) is 5.96. The second-order valence-electron chi connectivity index (χ2n) is 8.14. The van der Waals surface area contributed by atoms with Crippen molar-refractivity contribution >= 4 is 28.9 Å². The number of thioether (sulfide) groups is 1. The van der Waals surface area contributed by atoms with Gasteiger partial charge in [-0.3, -0.25) is 9.69 Å². The van der Waals surface area contributed by atoms with E-state index in [0.29, 0.717) is 5.17 Å². The van der Waals surface area contributed by atoms with Gasteiger partial charge in [-0.25, -0.2) is 4.99 Å². The Morgan fingerprint density at radius 1 is 0.943 bits per heavy atom. The largest absolute Gasteiger partial charge is 0.435 e. The van der Waals surface area contributed by atoms with Crippen molar-refractivity contribution in [1.82, 2.24) is 4.90 Å². The van der Waals surface area contributed by atoms with Crippen molar-refractivity contribution in [2.24, 2.45) is 4.99 Å². The van der Waals surface area contributed by atoms with Crippen LogP contribution in [0.5, 0.6) is 11.5 Å². The number of benzene rings is 2. The van der Waals surface area contributed by atoms with E-state index in [2.05, 4.69) is 9.47 Å². The number of hydrogen-bond donors (Lipinski definition) is 0. The zero-order valence-electron chi connectivity index (χ0n) is 18.3. The summed E-state index contributed by atoms with van der Waals surface area (Å²) < 4.78 is 58.9. The molecule has 3 aliphatic rings. The maximum absolute atomic E-state index is 12.8. The van der Waals surface area contributed by atoms with Gasteiger partial charge in [0.15, 0.2) is 5.17 Å². The molecule has 0 saturated carbocycles. The SMILES string of the molecule is O=C1CSC2=NC3=C(CCC/C3=C\c3ccc(OC(F)F)cc3)C(c3ccc(OC(F)F)cc3)N12. The quantitative estimate of drug-likeness (QED) is 0.428. The number of amides is 1. The van der Waals surface area contributed by atoms with Crippen molar-refractivity contribution in [3.05, 3.63) is 76.5 Å². The summed E-state index contributed by atoms with van der Waals surface area (Å²) in [5.41, 5.74) is 4.40. The first-order chi connectivity index (χ1) is 16.9. The highest BCUT2D eigenvalue weighted by atomic mass is 32.2. The minimum absolute atomic E-state index is 0.0493. The van der Waals surface area contributed by atoms with Gasteiger partial charge in [-0.05, 0) is 71.9 Å². The molecule has 182 valence electrons. The van der Waals surface area contributed by atoms with Crippen LogP contribution in [0.25, 0.3) is 6.08 Å². The third kappa shape index (κ3) is 4.93. The molecule has 1 aliphatic carbocycles. The average Bonchev–Trinajstić information content (AvgIpc) is 3.19. The highest BCUT2D eigenvalue weighted by Crippen LogP contribution is 2.47. The molecule has 2 aromatic carbocycles. The highest BCUT2D eigenvalue weighted by Gasteiger charge is 2.42. The van der Waals surface area contributed by atoms with Gasteiger partial charge in [0.1, 0.15) is 11.5 Å². The molecule has 1 unspecified atom stereocenters. The van der Waals surface area contributed by atoms with Gasteiger partial charge in [0.05, 0.1) is 17.5 Å². The number of alkyl halides is 4. The molecule has 0 aromatic heterocycles. The van der Waals surface area contributed by atoms with Crippen molar-refractivity contribution in [3.63, 3.8) is 0 Å². The molecule has 5 rings (SSSR count). The second kappa shape index (κ2) is 9.77. The monoisotopic (exact) mass is 504 g/mol. The van der Waals surface area contributed by atoms with Crippen LogP contribution in [0.3, 0.4) is 0 Å². The summed E-state index contributed by atoms with van der Waals surface area (Å²) in [7, 11) is 0. The van der Waals surface area contributed by atoms with Crippen LogP contribution in [0.1, 0.15) is 36.4 Å². The first-order valence-electron chi connectivity index (χ1n) is 11.0. The van der Waals surface area contributed by atoms with Crippen LogP contribution < -0.4 is 9.47 Å². The summed E-state index contributed by atoms with van der Waals surface area (Å²) in [6.45, 7) is -5.80. The number of carbonyl (C=O) groups excluding carboxylic acids is 1. The van der Waals surface area contributed by atoms with Gasteiger partial charge < -0.3 is 9.47 Å². The van der Waals surface area contributed by atoms with E-state index >= 15 is 0 Å². The zero-order valence-corrected chi connectivity index (χ0v) is 19.1. The first kappa shape index (κ1) is 23.5. The Kier molecular flexibility index (Phi) is 6.55. The molecule has 1 atom stereocenters. The van der Waals surface area contributed by atoms with Crippen LogP contribution in [0, 0.1) is 0 Å². The minimum Gasteiger partial charge on any atom is -0.435 e. The maximum atomic E-state index is 12.8. The van der Waals surface area contributed by atoms with Crippen molar-refractivity contribution < 1.29 is 31.8 Å². The molecule has 0 spiro atoms. The lowest BCUT2D eigenvalue weighted by molar-refractivity contribution is -0.125. The summed E-state index contributed by atoms with van der Waals surface area (Å²) in [5.74, 6) is 0.365. The predicted molar refractivity (Wildman–Crippen MR) is 124 cm³/mol. The van der Waals surface area contributed by atoms with E-state index in [4.69, 9.17) is 4.99 Å². The molecule has 0 N–H and O–H groups in total. The van der Waals surface area contributed by atoms with E-state index in [-0.39, 0.29) is 29.2 Å². The Labute approximate surface area is 203 Å². The zero-order chi connectivity index (χ0) is 24.5. The first-order valence-corrected chi connectivity index (χ1v) is 11.9. The summed E-state index contributed by atoms with van der Waals surface area (Å²) >= 11 is 1.37. The molecule has 1 amide bonds. The second-order valence-corrected chi connectivity index (χ2v) is 9.08. The number of carbonyl (C=O) groups is 1. The van der Waals surface area contributed by atoms with Crippen LogP contribution >= 0.6 is 11.8 Å². The van der Waals surface area contributed by atoms with Gasteiger partial charge in [-0.2, -0.15) is 17.6 Å². The Balaban J connectivity index is 1.52. The van der Waals surface area contributed by atoms with Crippen LogP contribution in [0.4, 0.5) is 17.6 Å². The maximum Gasteiger partial charge on any atom is 0.387 e. The van der Waals surface area contributed by atoms with E-state index in [1.807, 2.05) is 6.08 Å². The lowest BCUT2D eigenvalue weighted by Gasteiger charge is -2.37. The molecule has 2 aromatic rings. The smallest absolute Gasteiger partial charge is 0.387 e. The Hall–Kier alpha value is -3.27. The Morgan fingerprint density at radius 2 is 1.57 bits per heavy atom. The molecule has 1 saturated heterocycles. The summed E-state index contributed by atoms with van der Waals surface area (Å²) in [5, 5.41) is 0.611. The van der Waals surface area contributed by atoms with Gasteiger partial charge in [0.25, 0.3) is 0 Å². The summed E-state index contributed by atoms with van der Waals surface area (Å²) in [4.78, 5) is 19.3. The highest BCUT2D eigenvalue weighted by molar-refractivity contribution is 8.15. The molecular weight excluding hydrogens is 484 g/mol. The van der Waals surface area contributed by atoms with E-state index in [0.717, 1.165) is 47.2 Å². The molecular formula is C25H20F4N2O3S. The van der Waals surface area contributed by atoms with Gasteiger partial charge in [0, 0.05) is 0 Å².